The van der Waals surface area contributed by atoms with Crippen molar-refractivity contribution in [2.24, 2.45) is 47.3 Å². The summed E-state index contributed by atoms with van der Waals surface area (Å²) in [5.41, 5.74) is 0.250. The summed E-state index contributed by atoms with van der Waals surface area (Å²) in [5, 5.41) is 0. The summed E-state index contributed by atoms with van der Waals surface area (Å²) in [6.45, 7) is 9.99. The van der Waals surface area contributed by atoms with E-state index in [1.165, 1.54) is 69.6 Å². The molecule has 10 heteroatoms. The number of carbonyl (C=O) groups is 5. The van der Waals surface area contributed by atoms with Crippen LogP contribution in [0.3, 0.4) is 0 Å². The van der Waals surface area contributed by atoms with Crippen LogP contribution in [0.25, 0.3) is 0 Å². The molecule has 10 nitrogen and oxygen atoms in total. The van der Waals surface area contributed by atoms with Crippen molar-refractivity contribution in [2.45, 2.75) is 142 Å². The third-order valence-electron chi connectivity index (χ3n) is 13.7. The van der Waals surface area contributed by atoms with E-state index in [0.717, 1.165) is 77.0 Å². The predicted molar refractivity (Wildman–Crippen MR) is 221 cm³/mol. The number of rotatable bonds is 19. The lowest BCUT2D eigenvalue weighted by Gasteiger charge is -2.37. The van der Waals surface area contributed by atoms with Gasteiger partial charge in [0.2, 0.25) is 0 Å². The van der Waals surface area contributed by atoms with E-state index >= 15 is 0 Å². The van der Waals surface area contributed by atoms with Gasteiger partial charge in [-0.15, -0.1) is 0 Å². The van der Waals surface area contributed by atoms with Crippen LogP contribution in [-0.2, 0) is 33.4 Å². The summed E-state index contributed by atoms with van der Waals surface area (Å²) in [5.74, 6) is 1.81. The van der Waals surface area contributed by atoms with Crippen molar-refractivity contribution in [1.82, 2.24) is 0 Å². The maximum Gasteiger partial charge on any atom is 0.338 e. The fourth-order valence-electron chi connectivity index (χ4n) is 10.2. The Morgan fingerprint density at radius 1 is 0.552 bits per heavy atom. The van der Waals surface area contributed by atoms with Gasteiger partial charge in [0.05, 0.1) is 37.2 Å². The van der Waals surface area contributed by atoms with Gasteiger partial charge in [-0.2, -0.15) is 0 Å². The second-order valence-electron chi connectivity index (χ2n) is 17.5. The maximum atomic E-state index is 13.6. The summed E-state index contributed by atoms with van der Waals surface area (Å²) in [6.07, 6.45) is 23.7. The molecule has 4 fully saturated rings. The first-order chi connectivity index (χ1) is 28.2. The molecular weight excluding hydrogens is 737 g/mol. The van der Waals surface area contributed by atoms with E-state index in [-0.39, 0.29) is 59.4 Å². The minimum Gasteiger partial charge on any atom is -0.463 e. The quantitative estimate of drug-likeness (QED) is 0.0438. The summed E-state index contributed by atoms with van der Waals surface area (Å²) < 4.78 is 27.6. The molecule has 5 rings (SSSR count). The molecule has 0 spiro atoms. The zero-order chi connectivity index (χ0) is 41.3. The zero-order valence-electron chi connectivity index (χ0n) is 35.0. The van der Waals surface area contributed by atoms with E-state index in [9.17, 15) is 24.0 Å². The molecule has 1 aromatic rings. The normalized spacial score (nSPS) is 27.3. The van der Waals surface area contributed by atoms with Gasteiger partial charge in [0.25, 0.3) is 0 Å². The molecule has 0 amide bonds. The topological polar surface area (TPSA) is 132 Å². The fourth-order valence-corrected chi connectivity index (χ4v) is 10.2. The number of carbonyl (C=O) groups excluding carboxylic acids is 5. The highest BCUT2D eigenvalue weighted by Crippen LogP contribution is 2.44. The first-order valence-corrected chi connectivity index (χ1v) is 22.5. The Morgan fingerprint density at radius 3 is 1.38 bits per heavy atom. The van der Waals surface area contributed by atoms with Crippen LogP contribution in [0, 0.1) is 47.3 Å². The van der Waals surface area contributed by atoms with Gasteiger partial charge in [-0.1, -0.05) is 45.8 Å². The van der Waals surface area contributed by atoms with Crippen LogP contribution < -0.4 is 9.47 Å². The van der Waals surface area contributed by atoms with Crippen LogP contribution in [0.1, 0.15) is 152 Å². The molecule has 4 saturated carbocycles. The average Bonchev–Trinajstić information content (AvgIpc) is 3.26. The Bertz CT molecular complexity index is 1520. The minimum absolute atomic E-state index is 0.0910. The van der Waals surface area contributed by atoms with Gasteiger partial charge in [0.15, 0.2) is 11.5 Å². The third kappa shape index (κ3) is 13.8. The van der Waals surface area contributed by atoms with Crippen LogP contribution in [0.15, 0.2) is 43.5 Å². The second kappa shape index (κ2) is 23.6. The Balaban J connectivity index is 1.08. The molecule has 58 heavy (non-hydrogen) atoms. The summed E-state index contributed by atoms with van der Waals surface area (Å²) in [7, 11) is 0. The summed E-state index contributed by atoms with van der Waals surface area (Å²) in [6, 6.07) is 4.60. The van der Waals surface area contributed by atoms with E-state index in [2.05, 4.69) is 13.2 Å². The molecule has 0 N–H and O–H groups in total. The highest BCUT2D eigenvalue weighted by Gasteiger charge is 2.36. The van der Waals surface area contributed by atoms with Crippen LogP contribution in [-0.4, -0.2) is 49.7 Å². The van der Waals surface area contributed by atoms with Gasteiger partial charge in [0.1, 0.15) is 0 Å². The van der Waals surface area contributed by atoms with Crippen LogP contribution in [0.2, 0.25) is 0 Å². The number of hydrogen-bond donors (Lipinski definition) is 0. The monoisotopic (exact) mass is 804 g/mol. The van der Waals surface area contributed by atoms with Crippen LogP contribution in [0.5, 0.6) is 11.5 Å². The molecular formula is C48H68O10. The van der Waals surface area contributed by atoms with Crippen LogP contribution in [0.4, 0.5) is 0 Å². The largest absolute Gasteiger partial charge is 0.463 e. The number of hydrogen-bond acceptors (Lipinski definition) is 10. The lowest BCUT2D eigenvalue weighted by molar-refractivity contribution is -0.143. The predicted octanol–water partition coefficient (Wildman–Crippen LogP) is 10.3. The molecule has 320 valence electrons. The van der Waals surface area contributed by atoms with Gasteiger partial charge in [-0.25, -0.2) is 14.4 Å². The van der Waals surface area contributed by atoms with E-state index in [4.69, 9.17) is 23.7 Å². The second-order valence-corrected chi connectivity index (χ2v) is 17.5. The maximum absolute atomic E-state index is 13.6. The highest BCUT2D eigenvalue weighted by atomic mass is 16.6. The SMILES string of the molecule is C=CC(=O)OCCCC1CCC(C2CCC(C(=O)Oc3ccc(C(=O)OCCC)cc3OC(=O)C3CCC(C4CCC(CCCOC(=O)C=C)CC4)CC3)CC2)CC1. The van der Waals surface area contributed by atoms with Crippen molar-refractivity contribution in [3.8, 4) is 11.5 Å². The molecule has 0 bridgehead atoms. The van der Waals surface area contributed by atoms with Gasteiger partial charge in [-0.3, -0.25) is 9.59 Å². The Labute approximate surface area is 346 Å². The molecule has 0 atom stereocenters. The Morgan fingerprint density at radius 2 is 0.966 bits per heavy atom. The molecule has 0 aliphatic heterocycles. The van der Waals surface area contributed by atoms with Crippen molar-refractivity contribution >= 4 is 29.8 Å². The van der Waals surface area contributed by atoms with Crippen molar-refractivity contribution < 1.29 is 47.7 Å². The Kier molecular flexibility index (Phi) is 18.4. The number of esters is 5. The summed E-state index contributed by atoms with van der Waals surface area (Å²) in [4.78, 5) is 62.6. The molecule has 0 heterocycles. The minimum atomic E-state index is -0.509. The van der Waals surface area contributed by atoms with Gasteiger partial charge in [0, 0.05) is 12.2 Å². The van der Waals surface area contributed by atoms with Crippen molar-refractivity contribution in [3.63, 3.8) is 0 Å². The molecule has 0 unspecified atom stereocenters. The van der Waals surface area contributed by atoms with E-state index in [1.54, 1.807) is 12.1 Å². The zero-order valence-corrected chi connectivity index (χ0v) is 35.0. The summed E-state index contributed by atoms with van der Waals surface area (Å²) >= 11 is 0. The van der Waals surface area contributed by atoms with Crippen molar-refractivity contribution in [3.05, 3.63) is 49.1 Å². The highest BCUT2D eigenvalue weighted by molar-refractivity contribution is 5.91. The van der Waals surface area contributed by atoms with Gasteiger partial charge < -0.3 is 23.7 Å². The molecule has 0 aromatic heterocycles. The van der Waals surface area contributed by atoms with Crippen LogP contribution >= 0.6 is 0 Å². The van der Waals surface area contributed by atoms with E-state index < -0.39 is 5.97 Å². The number of ether oxygens (including phenoxy) is 5. The molecule has 0 radical (unpaired) electrons. The first-order valence-electron chi connectivity index (χ1n) is 22.5. The van der Waals surface area contributed by atoms with Crippen molar-refractivity contribution in [2.75, 3.05) is 19.8 Å². The van der Waals surface area contributed by atoms with E-state index in [0.29, 0.717) is 55.1 Å². The van der Waals surface area contributed by atoms with Gasteiger partial charge in [-0.05, 0) is 163 Å². The fraction of sp³-hybridized carbons (Fsp3) is 0.688. The van der Waals surface area contributed by atoms with Crippen molar-refractivity contribution in [1.29, 1.82) is 0 Å². The molecule has 4 aliphatic rings. The van der Waals surface area contributed by atoms with E-state index in [1.807, 2.05) is 6.92 Å². The Hall–Kier alpha value is -3.95. The molecule has 1 aromatic carbocycles. The molecule has 4 aliphatic carbocycles. The average molecular weight is 805 g/mol. The smallest absolute Gasteiger partial charge is 0.338 e. The standard InChI is InChI=1S/C48H68O10/c1-4-29-56-46(51)41-27-28-42(57-47(52)39-23-19-37(20-24-39)35-15-11-33(12-16-35)9-7-30-54-44(49)5-2)43(32-41)58-48(53)40-25-21-38(22-26-40)36-17-13-34(14-18-36)10-8-31-55-45(50)6-3/h5-6,27-28,32-40H,2-4,7-26,29-31H2,1H3. The van der Waals surface area contributed by atoms with Gasteiger partial charge >= 0.3 is 29.8 Å². The third-order valence-corrected chi connectivity index (χ3v) is 13.7. The molecule has 0 saturated heterocycles. The first kappa shape index (κ1) is 45.1. The number of benzene rings is 1. The lowest BCUT2D eigenvalue weighted by atomic mass is 9.68. The lowest BCUT2D eigenvalue weighted by Crippen LogP contribution is -2.31.